The third kappa shape index (κ3) is 3.57. The van der Waals surface area contributed by atoms with Crippen LogP contribution in [0.15, 0.2) is 47.3 Å². The lowest BCUT2D eigenvalue weighted by molar-refractivity contribution is 0.599. The number of H-pyrrole nitrogens is 1. The smallest absolute Gasteiger partial charge is 0.253 e. The lowest BCUT2D eigenvalue weighted by Crippen LogP contribution is -2.26. The number of pyridine rings is 2. The van der Waals surface area contributed by atoms with E-state index in [1.807, 2.05) is 6.92 Å². The van der Waals surface area contributed by atoms with E-state index in [4.69, 9.17) is 11.6 Å². The molecule has 1 aliphatic rings. The van der Waals surface area contributed by atoms with E-state index in [-0.39, 0.29) is 17.4 Å². The molecule has 1 unspecified atom stereocenters. The molecule has 4 rings (SSSR count). The van der Waals surface area contributed by atoms with Crippen LogP contribution in [0.2, 0.25) is 5.02 Å². The minimum atomic E-state index is -3.30. The standard InChI is InChI=1S/C19H19ClN4O3S/c1-12(15-11-13-10-14(20)6-7-16(13)22-19(15)25)21-17-4-2-5-18(23-17)24-8-3-9-28(24,26)27/h2,4-7,10-12H,3,8-9H2,1H3,(H,21,23)(H,22,25). The Labute approximate surface area is 167 Å². The van der Waals surface area contributed by atoms with Crippen molar-refractivity contribution in [3.8, 4) is 0 Å². The third-order valence-corrected chi connectivity index (χ3v) is 6.84. The number of benzene rings is 1. The minimum Gasteiger partial charge on any atom is -0.363 e. The van der Waals surface area contributed by atoms with Crippen molar-refractivity contribution in [2.75, 3.05) is 21.9 Å². The van der Waals surface area contributed by atoms with Gasteiger partial charge in [0.15, 0.2) is 0 Å². The fraction of sp³-hybridized carbons (Fsp3) is 0.263. The highest BCUT2D eigenvalue weighted by molar-refractivity contribution is 7.93. The number of sulfonamides is 1. The molecule has 0 bridgehead atoms. The molecule has 1 aliphatic heterocycles. The molecule has 1 saturated heterocycles. The van der Waals surface area contributed by atoms with Crippen LogP contribution in [-0.4, -0.2) is 30.7 Å². The Morgan fingerprint density at radius 3 is 2.82 bits per heavy atom. The molecule has 3 heterocycles. The quantitative estimate of drug-likeness (QED) is 0.677. The van der Waals surface area contributed by atoms with Gasteiger partial charge in [-0.15, -0.1) is 0 Å². The number of nitrogens with zero attached hydrogens (tertiary/aromatic N) is 2. The number of anilines is 2. The normalized spacial score (nSPS) is 17.0. The average Bonchev–Trinajstić information content (AvgIpc) is 3.00. The largest absolute Gasteiger partial charge is 0.363 e. The van der Waals surface area contributed by atoms with E-state index in [9.17, 15) is 13.2 Å². The molecule has 0 radical (unpaired) electrons. The molecule has 1 aromatic carbocycles. The van der Waals surface area contributed by atoms with Crippen LogP contribution in [0, 0.1) is 0 Å². The van der Waals surface area contributed by atoms with E-state index in [1.54, 1.807) is 42.5 Å². The van der Waals surface area contributed by atoms with E-state index in [0.717, 1.165) is 5.39 Å². The fourth-order valence-electron chi connectivity index (χ4n) is 3.36. The first-order chi connectivity index (χ1) is 13.3. The average molecular weight is 419 g/mol. The van der Waals surface area contributed by atoms with Crippen molar-refractivity contribution >= 4 is 44.2 Å². The van der Waals surface area contributed by atoms with Crippen molar-refractivity contribution in [1.29, 1.82) is 0 Å². The molecule has 2 N–H and O–H groups in total. The lowest BCUT2D eigenvalue weighted by Gasteiger charge is -2.19. The Morgan fingerprint density at radius 2 is 2.07 bits per heavy atom. The monoisotopic (exact) mass is 418 g/mol. The highest BCUT2D eigenvalue weighted by atomic mass is 35.5. The van der Waals surface area contributed by atoms with E-state index >= 15 is 0 Å². The van der Waals surface area contributed by atoms with Gasteiger partial charge in [0.25, 0.3) is 5.56 Å². The van der Waals surface area contributed by atoms with Crippen molar-refractivity contribution in [1.82, 2.24) is 9.97 Å². The van der Waals surface area contributed by atoms with Crippen molar-refractivity contribution in [2.45, 2.75) is 19.4 Å². The Morgan fingerprint density at radius 1 is 1.25 bits per heavy atom. The van der Waals surface area contributed by atoms with Gasteiger partial charge in [0.1, 0.15) is 11.6 Å². The molecule has 0 aliphatic carbocycles. The molecule has 9 heteroatoms. The van der Waals surface area contributed by atoms with E-state index < -0.39 is 10.0 Å². The van der Waals surface area contributed by atoms with Crippen LogP contribution in [0.5, 0.6) is 0 Å². The number of rotatable bonds is 4. The second-order valence-corrected chi connectivity index (χ2v) is 9.22. The Kier molecular flexibility index (Phi) is 4.76. The first-order valence-electron chi connectivity index (χ1n) is 8.90. The van der Waals surface area contributed by atoms with E-state index in [0.29, 0.717) is 40.7 Å². The zero-order valence-corrected chi connectivity index (χ0v) is 16.7. The summed E-state index contributed by atoms with van der Waals surface area (Å²) in [6, 6.07) is 11.9. The lowest BCUT2D eigenvalue weighted by atomic mass is 10.1. The van der Waals surface area contributed by atoms with Crippen molar-refractivity contribution in [3.05, 3.63) is 63.4 Å². The fourth-order valence-corrected chi connectivity index (χ4v) is 5.04. The predicted molar refractivity (Wildman–Crippen MR) is 112 cm³/mol. The third-order valence-electron chi connectivity index (χ3n) is 4.76. The molecule has 3 aromatic rings. The van der Waals surface area contributed by atoms with Gasteiger partial charge < -0.3 is 10.3 Å². The maximum Gasteiger partial charge on any atom is 0.253 e. The molecular weight excluding hydrogens is 400 g/mol. The number of nitrogens with one attached hydrogen (secondary N) is 2. The Hall–Kier alpha value is -2.58. The molecule has 7 nitrogen and oxygen atoms in total. The summed E-state index contributed by atoms with van der Waals surface area (Å²) >= 11 is 6.05. The van der Waals surface area contributed by atoms with Crippen molar-refractivity contribution in [2.24, 2.45) is 0 Å². The number of aromatic nitrogens is 2. The van der Waals surface area contributed by atoms with Crippen molar-refractivity contribution < 1.29 is 8.42 Å². The zero-order chi connectivity index (χ0) is 19.9. The Bertz CT molecular complexity index is 1210. The predicted octanol–water partition coefficient (Wildman–Crippen LogP) is 3.29. The van der Waals surface area contributed by atoms with Gasteiger partial charge in [-0.3, -0.25) is 9.10 Å². The summed E-state index contributed by atoms with van der Waals surface area (Å²) < 4.78 is 25.6. The van der Waals surface area contributed by atoms with Gasteiger partial charge in [0.2, 0.25) is 10.0 Å². The molecule has 2 aromatic heterocycles. The summed E-state index contributed by atoms with van der Waals surface area (Å²) in [6.07, 6.45) is 0.590. The van der Waals surface area contributed by atoms with Crippen LogP contribution >= 0.6 is 11.6 Å². The summed E-state index contributed by atoms with van der Waals surface area (Å²) in [6.45, 7) is 2.28. The van der Waals surface area contributed by atoms with E-state index in [2.05, 4.69) is 15.3 Å². The van der Waals surface area contributed by atoms with Gasteiger partial charge in [-0.25, -0.2) is 13.4 Å². The first kappa shape index (κ1) is 18.8. The van der Waals surface area contributed by atoms with Gasteiger partial charge in [0, 0.05) is 28.0 Å². The molecular formula is C19H19ClN4O3S. The maximum absolute atomic E-state index is 12.5. The summed E-state index contributed by atoms with van der Waals surface area (Å²) in [5.74, 6) is 1.02. The van der Waals surface area contributed by atoms with Crippen LogP contribution in [-0.2, 0) is 10.0 Å². The van der Waals surface area contributed by atoms with Crippen LogP contribution in [0.1, 0.15) is 24.9 Å². The molecule has 0 saturated carbocycles. The van der Waals surface area contributed by atoms with Gasteiger partial charge in [-0.1, -0.05) is 17.7 Å². The second-order valence-electron chi connectivity index (χ2n) is 6.77. The van der Waals surface area contributed by atoms with Gasteiger partial charge in [-0.2, -0.15) is 0 Å². The topological polar surface area (TPSA) is 95.2 Å². The number of hydrogen-bond donors (Lipinski definition) is 2. The van der Waals surface area contributed by atoms with Gasteiger partial charge >= 0.3 is 0 Å². The highest BCUT2D eigenvalue weighted by Gasteiger charge is 2.29. The van der Waals surface area contributed by atoms with Gasteiger partial charge in [0.05, 0.1) is 11.8 Å². The molecule has 1 fully saturated rings. The van der Waals surface area contributed by atoms with Crippen molar-refractivity contribution in [3.63, 3.8) is 0 Å². The summed E-state index contributed by atoms with van der Waals surface area (Å²) in [5.41, 5.74) is 1.05. The Balaban J connectivity index is 1.63. The second kappa shape index (κ2) is 7.10. The molecule has 146 valence electrons. The van der Waals surface area contributed by atoms with Gasteiger partial charge in [-0.05, 0) is 49.7 Å². The summed E-state index contributed by atoms with van der Waals surface area (Å²) in [7, 11) is -3.30. The number of hydrogen-bond acceptors (Lipinski definition) is 5. The zero-order valence-electron chi connectivity index (χ0n) is 15.1. The molecule has 0 spiro atoms. The SMILES string of the molecule is CC(Nc1cccc(N2CCCS2(=O)=O)n1)c1cc2cc(Cl)ccc2[nH]c1=O. The van der Waals surface area contributed by atoms with Crippen LogP contribution < -0.4 is 15.2 Å². The summed E-state index contributed by atoms with van der Waals surface area (Å²) in [4.78, 5) is 19.8. The van der Waals surface area contributed by atoms with Crippen LogP contribution in [0.3, 0.4) is 0 Å². The molecule has 28 heavy (non-hydrogen) atoms. The van der Waals surface area contributed by atoms with Crippen LogP contribution in [0.25, 0.3) is 10.9 Å². The number of aromatic amines is 1. The van der Waals surface area contributed by atoms with Crippen LogP contribution in [0.4, 0.5) is 11.6 Å². The van der Waals surface area contributed by atoms with E-state index in [1.165, 1.54) is 4.31 Å². The molecule has 0 amide bonds. The minimum absolute atomic E-state index is 0.137. The first-order valence-corrected chi connectivity index (χ1v) is 10.9. The number of halogens is 1. The number of fused-ring (bicyclic) bond motifs is 1. The highest BCUT2D eigenvalue weighted by Crippen LogP contribution is 2.25. The maximum atomic E-state index is 12.5. The molecule has 1 atom stereocenters. The summed E-state index contributed by atoms with van der Waals surface area (Å²) in [5, 5.41) is 4.61.